The molecule has 27 heavy (non-hydrogen) atoms. The number of thiophene rings is 1. The molecular weight excluding hydrogens is 430 g/mol. The number of hydrogen-bond donors (Lipinski definition) is 1. The molecule has 1 aliphatic heterocycles. The fourth-order valence-corrected chi connectivity index (χ4v) is 4.49. The molecule has 142 valence electrons. The van der Waals surface area contributed by atoms with Crippen molar-refractivity contribution in [2.45, 2.75) is 25.9 Å². The predicted molar refractivity (Wildman–Crippen MR) is 107 cm³/mol. The first-order chi connectivity index (χ1) is 12.8. The molecule has 2 aromatic rings. The Morgan fingerprint density at radius 1 is 1.22 bits per heavy atom. The van der Waals surface area contributed by atoms with Crippen molar-refractivity contribution in [3.8, 4) is 0 Å². The Bertz CT molecular complexity index is 870. The van der Waals surface area contributed by atoms with Gasteiger partial charge in [0.15, 0.2) is 5.54 Å². The number of urea groups is 1. The molecule has 2 heterocycles. The van der Waals surface area contributed by atoms with Gasteiger partial charge >= 0.3 is 6.03 Å². The summed E-state index contributed by atoms with van der Waals surface area (Å²) >= 11 is 4.76. The van der Waals surface area contributed by atoms with Crippen LogP contribution in [0.5, 0.6) is 0 Å². The molecule has 4 amide bonds. The normalized spacial score (nSPS) is 19.3. The van der Waals surface area contributed by atoms with Crippen molar-refractivity contribution in [1.29, 1.82) is 0 Å². The van der Waals surface area contributed by atoms with Crippen LogP contribution >= 0.6 is 27.3 Å². The molecule has 1 aromatic heterocycles. The van der Waals surface area contributed by atoms with E-state index in [9.17, 15) is 14.4 Å². The predicted octanol–water partition coefficient (Wildman–Crippen LogP) is 3.33. The minimum absolute atomic E-state index is 0.263. The number of hydrogen-bond acceptors (Lipinski definition) is 4. The third-order valence-electron chi connectivity index (χ3n) is 4.59. The third-order valence-corrected chi connectivity index (χ3v) is 6.43. The first kappa shape index (κ1) is 19.6. The van der Waals surface area contributed by atoms with Gasteiger partial charge in [-0.15, -0.1) is 11.3 Å². The molecule has 1 atom stereocenters. The number of carbonyl (C=O) groups is 3. The maximum atomic E-state index is 12.9. The maximum absolute atomic E-state index is 12.9. The van der Waals surface area contributed by atoms with E-state index in [2.05, 4.69) is 21.2 Å². The topological polar surface area (TPSA) is 69.7 Å². The zero-order chi connectivity index (χ0) is 19.6. The van der Waals surface area contributed by atoms with Gasteiger partial charge in [-0.25, -0.2) is 4.79 Å². The van der Waals surface area contributed by atoms with Crippen LogP contribution in [-0.4, -0.2) is 40.7 Å². The highest BCUT2D eigenvalue weighted by molar-refractivity contribution is 9.11. The number of rotatable bonds is 6. The molecule has 1 aromatic carbocycles. The SMILES string of the molecule is CCN(Cc1ccccc1)C(=O)CN1C(=O)NC(C)(c2ccc(Br)s2)C1=O. The first-order valence-electron chi connectivity index (χ1n) is 8.56. The second-order valence-corrected chi connectivity index (χ2v) is 8.91. The van der Waals surface area contributed by atoms with Crippen LogP contribution in [0.3, 0.4) is 0 Å². The molecule has 3 rings (SSSR count). The average Bonchev–Trinajstić information content (AvgIpc) is 3.18. The smallest absolute Gasteiger partial charge is 0.325 e. The quantitative estimate of drug-likeness (QED) is 0.687. The Kier molecular flexibility index (Phi) is 5.67. The van der Waals surface area contributed by atoms with Gasteiger partial charge in [-0.1, -0.05) is 30.3 Å². The van der Waals surface area contributed by atoms with E-state index in [1.807, 2.05) is 43.3 Å². The van der Waals surface area contributed by atoms with E-state index < -0.39 is 17.5 Å². The van der Waals surface area contributed by atoms with E-state index in [1.165, 1.54) is 11.3 Å². The number of nitrogens with zero attached hydrogens (tertiary/aromatic N) is 2. The summed E-state index contributed by atoms with van der Waals surface area (Å²) < 4.78 is 0.871. The molecule has 8 heteroatoms. The third kappa shape index (κ3) is 3.91. The highest BCUT2D eigenvalue weighted by Gasteiger charge is 2.50. The van der Waals surface area contributed by atoms with Crippen molar-refractivity contribution in [3.05, 3.63) is 56.7 Å². The maximum Gasteiger partial charge on any atom is 0.325 e. The van der Waals surface area contributed by atoms with Gasteiger partial charge in [-0.05, 0) is 47.5 Å². The number of benzene rings is 1. The lowest BCUT2D eigenvalue weighted by Crippen LogP contribution is -2.44. The van der Waals surface area contributed by atoms with Crippen LogP contribution in [-0.2, 0) is 21.7 Å². The fourth-order valence-electron chi connectivity index (χ4n) is 3.01. The van der Waals surface area contributed by atoms with Crippen molar-refractivity contribution < 1.29 is 14.4 Å². The molecule has 0 spiro atoms. The van der Waals surface area contributed by atoms with E-state index >= 15 is 0 Å². The van der Waals surface area contributed by atoms with Crippen molar-refractivity contribution in [2.24, 2.45) is 0 Å². The monoisotopic (exact) mass is 449 g/mol. The van der Waals surface area contributed by atoms with E-state index in [1.54, 1.807) is 17.9 Å². The summed E-state index contributed by atoms with van der Waals surface area (Å²) in [5.41, 5.74) is -0.150. The molecule has 0 radical (unpaired) electrons. The highest BCUT2D eigenvalue weighted by Crippen LogP contribution is 2.35. The average molecular weight is 450 g/mol. The van der Waals surface area contributed by atoms with Gasteiger partial charge in [0.25, 0.3) is 5.91 Å². The van der Waals surface area contributed by atoms with Crippen LogP contribution < -0.4 is 5.32 Å². The number of nitrogens with one attached hydrogen (secondary N) is 1. The zero-order valence-corrected chi connectivity index (χ0v) is 17.5. The molecular formula is C19H20BrN3O3S. The summed E-state index contributed by atoms with van der Waals surface area (Å²) in [6.07, 6.45) is 0. The Balaban J connectivity index is 1.73. The van der Waals surface area contributed by atoms with E-state index in [4.69, 9.17) is 0 Å². The lowest BCUT2D eigenvalue weighted by Gasteiger charge is -2.24. The van der Waals surface area contributed by atoms with Gasteiger partial charge in [-0.3, -0.25) is 14.5 Å². The van der Waals surface area contributed by atoms with Gasteiger partial charge in [0.2, 0.25) is 5.91 Å². The van der Waals surface area contributed by atoms with E-state index in [0.29, 0.717) is 13.1 Å². The summed E-state index contributed by atoms with van der Waals surface area (Å²) in [6, 6.07) is 12.7. The van der Waals surface area contributed by atoms with Crippen molar-refractivity contribution >= 4 is 45.1 Å². The Morgan fingerprint density at radius 2 is 1.93 bits per heavy atom. The Morgan fingerprint density at radius 3 is 2.52 bits per heavy atom. The molecule has 0 saturated carbocycles. The molecule has 1 aliphatic rings. The molecule has 1 saturated heterocycles. The summed E-state index contributed by atoms with van der Waals surface area (Å²) in [4.78, 5) is 41.4. The number of halogens is 1. The fraction of sp³-hybridized carbons (Fsp3) is 0.316. The Hall–Kier alpha value is -2.19. The van der Waals surface area contributed by atoms with Gasteiger partial charge < -0.3 is 10.2 Å². The van der Waals surface area contributed by atoms with Crippen LogP contribution in [0.25, 0.3) is 0 Å². The number of likely N-dealkylation sites (N-methyl/N-ethyl adjacent to an activating group) is 1. The van der Waals surface area contributed by atoms with Gasteiger partial charge in [0, 0.05) is 18.0 Å². The molecule has 0 aliphatic carbocycles. The van der Waals surface area contributed by atoms with Crippen molar-refractivity contribution in [1.82, 2.24) is 15.1 Å². The van der Waals surface area contributed by atoms with Crippen molar-refractivity contribution in [2.75, 3.05) is 13.1 Å². The lowest BCUT2D eigenvalue weighted by atomic mass is 10.0. The van der Waals surface area contributed by atoms with Gasteiger partial charge in [0.05, 0.1) is 3.79 Å². The molecule has 1 fully saturated rings. The zero-order valence-electron chi connectivity index (χ0n) is 15.1. The van der Waals surface area contributed by atoms with E-state index in [0.717, 1.165) is 19.1 Å². The molecule has 0 bridgehead atoms. The molecule has 1 N–H and O–H groups in total. The molecule has 6 nitrogen and oxygen atoms in total. The number of amides is 4. The minimum Gasteiger partial charge on any atom is -0.337 e. The van der Waals surface area contributed by atoms with Crippen LogP contribution in [0.1, 0.15) is 24.3 Å². The highest BCUT2D eigenvalue weighted by atomic mass is 79.9. The second-order valence-electron chi connectivity index (χ2n) is 6.44. The molecule has 1 unspecified atom stereocenters. The standard InChI is InChI=1S/C19H20BrN3O3S/c1-3-22(11-13-7-5-4-6-8-13)16(24)12-23-17(25)19(2,21-18(23)26)14-9-10-15(20)27-14/h4-10H,3,11-12H2,1-2H3,(H,21,26). The second kappa shape index (κ2) is 7.82. The summed E-state index contributed by atoms with van der Waals surface area (Å²) in [7, 11) is 0. The largest absolute Gasteiger partial charge is 0.337 e. The summed E-state index contributed by atoms with van der Waals surface area (Å²) in [6.45, 7) is 4.20. The summed E-state index contributed by atoms with van der Waals surface area (Å²) in [5, 5.41) is 2.73. The van der Waals surface area contributed by atoms with Crippen LogP contribution in [0.4, 0.5) is 4.79 Å². The van der Waals surface area contributed by atoms with Crippen LogP contribution in [0, 0.1) is 0 Å². The summed E-state index contributed by atoms with van der Waals surface area (Å²) in [5.74, 6) is -0.674. The van der Waals surface area contributed by atoms with Gasteiger partial charge in [0.1, 0.15) is 6.54 Å². The first-order valence-corrected chi connectivity index (χ1v) is 10.2. The number of carbonyl (C=O) groups excluding carboxylic acids is 3. The Labute approximate surface area is 170 Å². The van der Waals surface area contributed by atoms with E-state index in [-0.39, 0.29) is 12.5 Å². The van der Waals surface area contributed by atoms with Crippen LogP contribution in [0.15, 0.2) is 46.3 Å². The number of imide groups is 1. The van der Waals surface area contributed by atoms with Gasteiger partial charge in [-0.2, -0.15) is 0 Å². The lowest BCUT2D eigenvalue weighted by molar-refractivity contribution is -0.139. The minimum atomic E-state index is -1.15. The van der Waals surface area contributed by atoms with Crippen LogP contribution in [0.2, 0.25) is 0 Å². The van der Waals surface area contributed by atoms with Crippen molar-refractivity contribution in [3.63, 3.8) is 0 Å².